The summed E-state index contributed by atoms with van der Waals surface area (Å²) >= 11 is 0. The highest BCUT2D eigenvalue weighted by Crippen LogP contribution is 2.51. The molecule has 8 nitrogen and oxygen atoms in total. The topological polar surface area (TPSA) is 66.5 Å². The molecule has 2 aromatic rings. The smallest absolute Gasteiger partial charge is 0.322 e. The summed E-state index contributed by atoms with van der Waals surface area (Å²) < 4.78 is 23.7. The van der Waals surface area contributed by atoms with Crippen LogP contribution in [0, 0.1) is 11.8 Å². The molecular formula is C32H45N2O6+. The molecular weight excluding hydrogens is 508 g/mol. The van der Waals surface area contributed by atoms with Gasteiger partial charge in [-0.25, -0.2) is 0 Å². The summed E-state index contributed by atoms with van der Waals surface area (Å²) in [6.07, 6.45) is 4.94. The number of quaternary nitrogens is 1. The fraction of sp³-hybridized carbons (Fsp3) is 0.594. The number of hydrogen-bond acceptors (Lipinski definition) is 7. The molecule has 0 radical (unpaired) electrons. The van der Waals surface area contributed by atoms with Gasteiger partial charge in [0.2, 0.25) is 0 Å². The molecule has 5 atom stereocenters. The van der Waals surface area contributed by atoms with Crippen molar-refractivity contribution in [3.05, 3.63) is 46.5 Å². The molecule has 8 heteroatoms. The van der Waals surface area contributed by atoms with E-state index in [0.717, 1.165) is 66.9 Å². The Hall–Kier alpha value is -2.97. The van der Waals surface area contributed by atoms with Crippen LogP contribution < -0.4 is 18.9 Å². The minimum atomic E-state index is -0.281. The normalized spacial score (nSPS) is 27.6. The van der Waals surface area contributed by atoms with Crippen molar-refractivity contribution < 1.29 is 33.1 Å². The predicted molar refractivity (Wildman–Crippen MR) is 153 cm³/mol. The van der Waals surface area contributed by atoms with Crippen molar-refractivity contribution in [2.45, 2.75) is 58.0 Å². The molecule has 0 aliphatic carbocycles. The molecule has 218 valence electrons. The van der Waals surface area contributed by atoms with E-state index in [9.17, 15) is 4.79 Å². The Kier molecular flexibility index (Phi) is 8.20. The fourth-order valence-corrected chi connectivity index (χ4v) is 7.66. The third kappa shape index (κ3) is 5.12. The molecule has 0 aromatic heterocycles. The van der Waals surface area contributed by atoms with Crippen molar-refractivity contribution >= 4 is 5.97 Å². The second-order valence-electron chi connectivity index (χ2n) is 11.9. The lowest BCUT2D eigenvalue weighted by Crippen LogP contribution is -2.58. The number of likely N-dealkylation sites (N-methyl/N-ethyl adjacent to an activating group) is 1. The molecule has 5 rings (SSSR count). The Morgan fingerprint density at radius 3 is 2.02 bits per heavy atom. The number of nitrogens with zero attached hydrogens (tertiary/aromatic N) is 2. The average molecular weight is 554 g/mol. The maximum atomic E-state index is 12.2. The predicted octanol–water partition coefficient (Wildman–Crippen LogP) is 5.28. The lowest BCUT2D eigenvalue weighted by molar-refractivity contribution is -0.951. The van der Waals surface area contributed by atoms with Crippen molar-refractivity contribution in [1.82, 2.24) is 5.06 Å². The van der Waals surface area contributed by atoms with Crippen molar-refractivity contribution in [1.29, 1.82) is 0 Å². The first-order valence-corrected chi connectivity index (χ1v) is 14.5. The summed E-state index contributed by atoms with van der Waals surface area (Å²) in [5.41, 5.74) is 5.15. The number of hydrogen-bond donors (Lipinski definition) is 0. The molecule has 1 saturated heterocycles. The molecule has 0 amide bonds. The van der Waals surface area contributed by atoms with Gasteiger partial charge in [0.15, 0.2) is 23.0 Å². The number of methoxy groups -OCH3 is 4. The first-order chi connectivity index (χ1) is 19.2. The quantitative estimate of drug-likeness (QED) is 0.412. The fourth-order valence-electron chi connectivity index (χ4n) is 7.66. The van der Waals surface area contributed by atoms with Gasteiger partial charge in [-0.05, 0) is 66.1 Å². The van der Waals surface area contributed by atoms with Crippen molar-refractivity contribution in [3.63, 3.8) is 0 Å². The highest BCUT2D eigenvalue weighted by molar-refractivity contribution is 5.65. The second kappa shape index (κ2) is 11.5. The van der Waals surface area contributed by atoms with Gasteiger partial charge in [-0.2, -0.15) is 0 Å². The molecule has 3 aliphatic rings. The van der Waals surface area contributed by atoms with Crippen molar-refractivity contribution in [3.8, 4) is 23.0 Å². The van der Waals surface area contributed by atoms with Crippen molar-refractivity contribution in [2.24, 2.45) is 11.8 Å². The van der Waals surface area contributed by atoms with Gasteiger partial charge >= 0.3 is 5.97 Å². The number of benzene rings is 2. The number of rotatable bonds is 8. The van der Waals surface area contributed by atoms with Gasteiger partial charge in [-0.15, -0.1) is 5.06 Å². The summed E-state index contributed by atoms with van der Waals surface area (Å²) in [6.45, 7) is 6.73. The van der Waals surface area contributed by atoms with Gasteiger partial charge in [0.05, 0.1) is 54.6 Å². The van der Waals surface area contributed by atoms with Gasteiger partial charge in [0.1, 0.15) is 6.04 Å². The van der Waals surface area contributed by atoms with Crippen LogP contribution in [0.4, 0.5) is 0 Å². The number of ether oxygens (including phenoxy) is 4. The Morgan fingerprint density at radius 1 is 0.875 bits per heavy atom. The molecule has 0 spiro atoms. The van der Waals surface area contributed by atoms with E-state index in [2.05, 4.69) is 38.2 Å². The number of fused-ring (bicyclic) bond motifs is 4. The molecule has 0 N–H and O–H groups in total. The number of carbonyl (C=O) groups excluding carboxylic acids is 1. The molecule has 40 heavy (non-hydrogen) atoms. The van der Waals surface area contributed by atoms with Crippen LogP contribution in [0.2, 0.25) is 0 Å². The van der Waals surface area contributed by atoms with E-state index in [4.69, 9.17) is 23.8 Å². The van der Waals surface area contributed by atoms with Crippen LogP contribution >= 0.6 is 0 Å². The maximum absolute atomic E-state index is 12.2. The molecule has 1 fully saturated rings. The summed E-state index contributed by atoms with van der Waals surface area (Å²) in [5.74, 6) is 3.80. The standard InChI is InChI=1S/C32H45N2O6/c1-8-21-19-34(3)12-10-23-16-30(37-5)32(39-7)18-26(23)28(34)14-24(21)13-27-25-17-31(38-6)29(36-4)15-22(25)9-11-33(27)40-20(2)35/h15-18,21,24,27-28H,8-14,19H2,1-7H3/q+1/t21-,24-,27+,28-,34?/m0/s1. The molecule has 3 aliphatic heterocycles. The largest absolute Gasteiger partial charge is 0.493 e. The van der Waals surface area contributed by atoms with E-state index in [-0.39, 0.29) is 12.0 Å². The first-order valence-electron chi connectivity index (χ1n) is 14.5. The lowest BCUT2D eigenvalue weighted by atomic mass is 9.71. The minimum absolute atomic E-state index is 0.0446. The van der Waals surface area contributed by atoms with Crippen LogP contribution in [0.1, 0.15) is 67.4 Å². The summed E-state index contributed by atoms with van der Waals surface area (Å²) in [6, 6.07) is 8.92. The van der Waals surface area contributed by atoms with Crippen LogP contribution in [0.3, 0.4) is 0 Å². The molecule has 3 heterocycles. The highest BCUT2D eigenvalue weighted by atomic mass is 16.7. The van der Waals surface area contributed by atoms with E-state index in [1.54, 1.807) is 28.4 Å². The minimum Gasteiger partial charge on any atom is -0.493 e. The Balaban J connectivity index is 1.52. The summed E-state index contributed by atoms with van der Waals surface area (Å²) in [5, 5.41) is 1.91. The second-order valence-corrected chi connectivity index (χ2v) is 11.9. The third-order valence-corrected chi connectivity index (χ3v) is 9.74. The zero-order chi connectivity index (χ0) is 28.6. The van der Waals surface area contributed by atoms with E-state index in [1.165, 1.54) is 29.2 Å². The Labute approximate surface area is 238 Å². The zero-order valence-corrected chi connectivity index (χ0v) is 25.1. The number of hydroxylamine groups is 2. The third-order valence-electron chi connectivity index (χ3n) is 9.74. The van der Waals surface area contributed by atoms with Gasteiger partial charge < -0.3 is 28.3 Å². The van der Waals surface area contributed by atoms with Gasteiger partial charge in [-0.1, -0.05) is 6.92 Å². The first kappa shape index (κ1) is 28.6. The van der Waals surface area contributed by atoms with Crippen LogP contribution in [-0.2, 0) is 22.5 Å². The maximum Gasteiger partial charge on any atom is 0.322 e. The molecule has 1 unspecified atom stereocenters. The number of carbonyl (C=O) groups is 1. The monoisotopic (exact) mass is 553 g/mol. The Bertz CT molecular complexity index is 1250. The highest BCUT2D eigenvalue weighted by Gasteiger charge is 2.49. The van der Waals surface area contributed by atoms with Gasteiger partial charge in [0, 0.05) is 37.8 Å². The van der Waals surface area contributed by atoms with E-state index in [1.807, 2.05) is 5.06 Å². The van der Waals surface area contributed by atoms with E-state index in [0.29, 0.717) is 30.2 Å². The lowest BCUT2D eigenvalue weighted by Gasteiger charge is -2.54. The van der Waals surface area contributed by atoms with Crippen LogP contribution in [0.5, 0.6) is 23.0 Å². The van der Waals surface area contributed by atoms with Gasteiger partial charge in [-0.3, -0.25) is 4.79 Å². The summed E-state index contributed by atoms with van der Waals surface area (Å²) in [4.78, 5) is 18.0. The van der Waals surface area contributed by atoms with E-state index < -0.39 is 0 Å². The summed E-state index contributed by atoms with van der Waals surface area (Å²) in [7, 11) is 9.19. The zero-order valence-electron chi connectivity index (χ0n) is 25.1. The van der Waals surface area contributed by atoms with E-state index >= 15 is 0 Å². The van der Waals surface area contributed by atoms with Crippen LogP contribution in [0.15, 0.2) is 24.3 Å². The number of piperidine rings is 1. The Morgan fingerprint density at radius 2 is 1.45 bits per heavy atom. The SMILES string of the molecule is CC[C@H]1C[N+]2(C)CCc3cc(OC)c(OC)cc3[C@@H]2C[C@@H]1C[C@@H]1c2cc(OC)c(OC)cc2CCN1OC(C)=O. The van der Waals surface area contributed by atoms with Crippen molar-refractivity contribution in [2.75, 3.05) is 55.1 Å². The van der Waals surface area contributed by atoms with Crippen LogP contribution in [-0.4, -0.2) is 70.6 Å². The molecule has 0 saturated carbocycles. The van der Waals surface area contributed by atoms with Gasteiger partial charge in [0.25, 0.3) is 0 Å². The average Bonchev–Trinajstić information content (AvgIpc) is 2.96. The molecule has 0 bridgehead atoms. The van der Waals surface area contributed by atoms with Crippen LogP contribution in [0.25, 0.3) is 0 Å². The molecule has 2 aromatic carbocycles.